The largest absolute Gasteiger partial charge is 0.328 e. The van der Waals surface area contributed by atoms with Gasteiger partial charge in [-0.2, -0.15) is 0 Å². The van der Waals surface area contributed by atoms with Crippen molar-refractivity contribution in [1.29, 1.82) is 0 Å². The third-order valence-corrected chi connectivity index (χ3v) is 3.44. The van der Waals surface area contributed by atoms with Gasteiger partial charge in [0, 0.05) is 12.1 Å². The Hall–Kier alpha value is -1.13. The number of nitrogens with zero attached hydrogens (tertiary/aromatic N) is 4. The van der Waals surface area contributed by atoms with Crippen LogP contribution in [-0.2, 0) is 13.0 Å². The van der Waals surface area contributed by atoms with Gasteiger partial charge in [0.15, 0.2) is 5.82 Å². The Balaban J connectivity index is 2.43. The van der Waals surface area contributed by atoms with Gasteiger partial charge < -0.3 is 4.57 Å². The summed E-state index contributed by atoms with van der Waals surface area (Å²) in [7, 11) is 0. The van der Waals surface area contributed by atoms with Crippen LogP contribution in [-0.4, -0.2) is 19.5 Å². The standard InChI is InChI=1S/C13H16Cl2N4/c1-3-5-9-11(14)17-13(18-12(9)15)10-7-16-8-19(10)6-4-2/h7-8H,3-6H2,1-2H3. The molecule has 0 unspecified atom stereocenters. The fourth-order valence-electron chi connectivity index (χ4n) is 1.93. The Bertz CT molecular complexity index is 543. The monoisotopic (exact) mass is 298 g/mol. The molecular formula is C13H16Cl2N4. The second-order valence-electron chi connectivity index (χ2n) is 4.33. The first kappa shape index (κ1) is 14.3. The predicted octanol–water partition coefficient (Wildman–Crippen LogP) is 4.01. The zero-order valence-corrected chi connectivity index (χ0v) is 12.5. The van der Waals surface area contributed by atoms with E-state index in [0.29, 0.717) is 16.1 Å². The van der Waals surface area contributed by atoms with Crippen molar-refractivity contribution >= 4 is 23.2 Å². The second-order valence-corrected chi connectivity index (χ2v) is 5.05. The molecule has 0 radical (unpaired) electrons. The van der Waals surface area contributed by atoms with Gasteiger partial charge in [0.25, 0.3) is 0 Å². The van der Waals surface area contributed by atoms with Crippen LogP contribution in [0.2, 0.25) is 10.3 Å². The summed E-state index contributed by atoms with van der Waals surface area (Å²) in [5.74, 6) is 0.529. The molecule has 4 nitrogen and oxygen atoms in total. The summed E-state index contributed by atoms with van der Waals surface area (Å²) in [5, 5.41) is 0.863. The van der Waals surface area contributed by atoms with E-state index in [0.717, 1.165) is 37.1 Å². The highest BCUT2D eigenvalue weighted by Crippen LogP contribution is 2.26. The molecule has 0 aliphatic rings. The van der Waals surface area contributed by atoms with Crippen LogP contribution in [0.4, 0.5) is 0 Å². The average molecular weight is 299 g/mol. The molecule has 19 heavy (non-hydrogen) atoms. The number of aromatic nitrogens is 4. The number of aryl methyl sites for hydroxylation is 1. The van der Waals surface area contributed by atoms with Crippen LogP contribution in [0.1, 0.15) is 32.3 Å². The van der Waals surface area contributed by atoms with Crippen LogP contribution in [0.5, 0.6) is 0 Å². The smallest absolute Gasteiger partial charge is 0.180 e. The van der Waals surface area contributed by atoms with Crippen molar-refractivity contribution in [2.75, 3.05) is 0 Å². The zero-order chi connectivity index (χ0) is 13.8. The van der Waals surface area contributed by atoms with Crippen LogP contribution in [0.15, 0.2) is 12.5 Å². The van der Waals surface area contributed by atoms with E-state index in [1.165, 1.54) is 0 Å². The maximum Gasteiger partial charge on any atom is 0.180 e. The topological polar surface area (TPSA) is 43.6 Å². The molecule has 2 rings (SSSR count). The maximum absolute atomic E-state index is 6.19. The molecule has 0 aliphatic heterocycles. The minimum atomic E-state index is 0.432. The minimum Gasteiger partial charge on any atom is -0.328 e. The van der Waals surface area contributed by atoms with Gasteiger partial charge in [-0.1, -0.05) is 43.5 Å². The van der Waals surface area contributed by atoms with Gasteiger partial charge in [-0.15, -0.1) is 0 Å². The van der Waals surface area contributed by atoms with Gasteiger partial charge in [-0.3, -0.25) is 0 Å². The molecule has 0 saturated carbocycles. The predicted molar refractivity (Wildman–Crippen MR) is 77.6 cm³/mol. The van der Waals surface area contributed by atoms with E-state index in [2.05, 4.69) is 28.8 Å². The highest BCUT2D eigenvalue weighted by atomic mass is 35.5. The van der Waals surface area contributed by atoms with Crippen molar-refractivity contribution in [3.8, 4) is 11.5 Å². The van der Waals surface area contributed by atoms with Gasteiger partial charge in [0.05, 0.1) is 12.5 Å². The molecule has 2 aromatic heterocycles. The zero-order valence-electron chi connectivity index (χ0n) is 11.0. The van der Waals surface area contributed by atoms with Crippen molar-refractivity contribution in [2.24, 2.45) is 0 Å². The van der Waals surface area contributed by atoms with Gasteiger partial charge in [0.1, 0.15) is 16.0 Å². The summed E-state index contributed by atoms with van der Waals surface area (Å²) < 4.78 is 2.00. The van der Waals surface area contributed by atoms with Gasteiger partial charge in [-0.25, -0.2) is 15.0 Å². The lowest BCUT2D eigenvalue weighted by atomic mass is 10.2. The van der Waals surface area contributed by atoms with E-state index in [-0.39, 0.29) is 0 Å². The van der Waals surface area contributed by atoms with Crippen LogP contribution in [0.25, 0.3) is 11.5 Å². The number of hydrogen-bond acceptors (Lipinski definition) is 3. The van der Waals surface area contributed by atoms with Crippen molar-refractivity contribution in [2.45, 2.75) is 39.7 Å². The highest BCUT2D eigenvalue weighted by Gasteiger charge is 2.14. The number of halogens is 2. The first-order valence-electron chi connectivity index (χ1n) is 6.39. The van der Waals surface area contributed by atoms with E-state index in [1.54, 1.807) is 12.5 Å². The van der Waals surface area contributed by atoms with Crippen molar-refractivity contribution < 1.29 is 0 Å². The second kappa shape index (κ2) is 6.35. The Kier molecular flexibility index (Phi) is 4.77. The van der Waals surface area contributed by atoms with E-state index >= 15 is 0 Å². The Morgan fingerprint density at radius 3 is 2.37 bits per heavy atom. The Morgan fingerprint density at radius 2 is 1.79 bits per heavy atom. The number of rotatable bonds is 5. The highest BCUT2D eigenvalue weighted by molar-refractivity contribution is 6.34. The van der Waals surface area contributed by atoms with Crippen LogP contribution >= 0.6 is 23.2 Å². The molecule has 0 N–H and O–H groups in total. The molecule has 2 aromatic rings. The third-order valence-electron chi connectivity index (χ3n) is 2.81. The minimum absolute atomic E-state index is 0.432. The molecule has 0 aliphatic carbocycles. The van der Waals surface area contributed by atoms with E-state index in [1.807, 2.05) is 4.57 Å². The maximum atomic E-state index is 6.19. The summed E-state index contributed by atoms with van der Waals surface area (Å²) in [6.45, 7) is 5.04. The molecule has 102 valence electrons. The fraction of sp³-hybridized carbons (Fsp3) is 0.462. The quantitative estimate of drug-likeness (QED) is 0.783. The lowest BCUT2D eigenvalue weighted by molar-refractivity contribution is 0.681. The molecule has 6 heteroatoms. The fourth-order valence-corrected chi connectivity index (χ4v) is 2.50. The third kappa shape index (κ3) is 3.07. The van der Waals surface area contributed by atoms with Crippen LogP contribution in [0, 0.1) is 0 Å². The molecule has 2 heterocycles. The number of imidazole rings is 1. The molecule has 0 amide bonds. The molecule has 0 spiro atoms. The van der Waals surface area contributed by atoms with Crippen LogP contribution in [0.3, 0.4) is 0 Å². The summed E-state index contributed by atoms with van der Waals surface area (Å²) in [6, 6.07) is 0. The summed E-state index contributed by atoms with van der Waals surface area (Å²) in [5.41, 5.74) is 1.66. The van der Waals surface area contributed by atoms with Crippen molar-refractivity contribution in [1.82, 2.24) is 19.5 Å². The average Bonchev–Trinajstić information content (AvgIpc) is 2.82. The summed E-state index contributed by atoms with van der Waals surface area (Å²) in [4.78, 5) is 12.8. The van der Waals surface area contributed by atoms with Crippen LogP contribution < -0.4 is 0 Å². The van der Waals surface area contributed by atoms with Gasteiger partial charge >= 0.3 is 0 Å². The first-order chi connectivity index (χ1) is 9.17. The SMILES string of the molecule is CCCc1c(Cl)nc(-c2cncn2CCC)nc1Cl. The van der Waals surface area contributed by atoms with E-state index in [4.69, 9.17) is 23.2 Å². The normalized spacial score (nSPS) is 10.9. The van der Waals surface area contributed by atoms with Gasteiger partial charge in [0.2, 0.25) is 0 Å². The van der Waals surface area contributed by atoms with E-state index in [9.17, 15) is 0 Å². The number of hydrogen-bond donors (Lipinski definition) is 0. The van der Waals surface area contributed by atoms with Crippen molar-refractivity contribution in [3.05, 3.63) is 28.4 Å². The molecule has 0 atom stereocenters. The Labute approximate surface area is 122 Å². The van der Waals surface area contributed by atoms with Gasteiger partial charge in [-0.05, 0) is 12.8 Å². The lowest BCUT2D eigenvalue weighted by Crippen LogP contribution is -2.03. The molecule has 0 aromatic carbocycles. The van der Waals surface area contributed by atoms with Crippen molar-refractivity contribution in [3.63, 3.8) is 0 Å². The Morgan fingerprint density at radius 1 is 1.11 bits per heavy atom. The first-order valence-corrected chi connectivity index (χ1v) is 7.15. The molecule has 0 bridgehead atoms. The molecule has 0 saturated heterocycles. The summed E-state index contributed by atoms with van der Waals surface area (Å²) in [6.07, 6.45) is 6.25. The lowest BCUT2D eigenvalue weighted by Gasteiger charge is -2.09. The van der Waals surface area contributed by atoms with E-state index < -0.39 is 0 Å². The summed E-state index contributed by atoms with van der Waals surface area (Å²) >= 11 is 12.4. The molecular weight excluding hydrogens is 283 g/mol. The molecule has 0 fully saturated rings.